The lowest BCUT2D eigenvalue weighted by molar-refractivity contribution is -0.115. The summed E-state index contributed by atoms with van der Waals surface area (Å²) >= 11 is 8.93. The number of hydrogen-bond acceptors (Lipinski definition) is 1. The van der Waals surface area contributed by atoms with E-state index in [4.69, 9.17) is 11.6 Å². The maximum absolute atomic E-state index is 13.0. The van der Waals surface area contributed by atoms with Gasteiger partial charge in [0.15, 0.2) is 0 Å². The van der Waals surface area contributed by atoms with Crippen LogP contribution in [0.3, 0.4) is 0 Å². The van der Waals surface area contributed by atoms with Gasteiger partial charge in [-0.15, -0.1) is 0 Å². The van der Waals surface area contributed by atoms with Crippen LogP contribution >= 0.6 is 27.5 Å². The summed E-state index contributed by atoms with van der Waals surface area (Å²) in [4.78, 5) is 11.3. The number of carbonyl (C=O) groups is 1. The van der Waals surface area contributed by atoms with Crippen LogP contribution in [0.2, 0.25) is 5.02 Å². The van der Waals surface area contributed by atoms with E-state index in [1.165, 1.54) is 12.1 Å². The minimum atomic E-state index is -0.376. The molecule has 1 N–H and O–H groups in total. The highest BCUT2D eigenvalue weighted by Gasteiger charge is 2.08. The van der Waals surface area contributed by atoms with Crippen molar-refractivity contribution in [3.05, 3.63) is 28.5 Å². The Balaban J connectivity index is 2.86. The molecule has 0 atom stereocenters. The lowest BCUT2D eigenvalue weighted by Crippen LogP contribution is -2.12. The van der Waals surface area contributed by atoms with Crippen molar-refractivity contribution in [1.82, 2.24) is 0 Å². The second kappa shape index (κ2) is 5.47. The van der Waals surface area contributed by atoms with E-state index < -0.39 is 0 Å². The highest BCUT2D eigenvalue weighted by atomic mass is 79.9. The first-order valence-electron chi connectivity index (χ1n) is 4.36. The Bertz CT molecular complexity index is 384. The van der Waals surface area contributed by atoms with Gasteiger partial charge in [0.05, 0.1) is 10.7 Å². The fraction of sp³-hybridized carbons (Fsp3) is 0.300. The molecule has 0 saturated carbocycles. The van der Waals surface area contributed by atoms with Crippen LogP contribution in [0.15, 0.2) is 12.1 Å². The Morgan fingerprint density at radius 2 is 2.27 bits per heavy atom. The Morgan fingerprint density at radius 3 is 2.87 bits per heavy atom. The van der Waals surface area contributed by atoms with Crippen molar-refractivity contribution in [2.75, 3.05) is 10.6 Å². The molecule has 2 nitrogen and oxygen atoms in total. The molecule has 1 aromatic carbocycles. The number of hydrogen-bond donors (Lipinski definition) is 1. The van der Waals surface area contributed by atoms with Gasteiger partial charge in [0.1, 0.15) is 5.82 Å². The van der Waals surface area contributed by atoms with Gasteiger partial charge in [-0.3, -0.25) is 4.79 Å². The Morgan fingerprint density at radius 1 is 1.60 bits per heavy atom. The van der Waals surface area contributed by atoms with E-state index in [0.29, 0.717) is 23.0 Å². The van der Waals surface area contributed by atoms with Crippen LogP contribution in [-0.4, -0.2) is 11.2 Å². The molecular formula is C10H10BrClFNO. The van der Waals surface area contributed by atoms with Crippen LogP contribution in [0, 0.1) is 12.7 Å². The molecule has 0 aliphatic heterocycles. The van der Waals surface area contributed by atoms with Crippen LogP contribution in [0.5, 0.6) is 0 Å². The van der Waals surface area contributed by atoms with E-state index in [-0.39, 0.29) is 16.7 Å². The summed E-state index contributed by atoms with van der Waals surface area (Å²) in [5, 5.41) is 3.40. The van der Waals surface area contributed by atoms with E-state index in [0.717, 1.165) is 0 Å². The quantitative estimate of drug-likeness (QED) is 0.849. The smallest absolute Gasteiger partial charge is 0.225 e. The molecule has 0 unspecified atom stereocenters. The van der Waals surface area contributed by atoms with Gasteiger partial charge in [0, 0.05) is 11.8 Å². The molecular weight excluding hydrogens is 284 g/mol. The Kier molecular flexibility index (Phi) is 4.54. The Labute approximate surface area is 101 Å². The fourth-order valence-electron chi connectivity index (χ4n) is 1.05. The van der Waals surface area contributed by atoms with Gasteiger partial charge >= 0.3 is 0 Å². The van der Waals surface area contributed by atoms with Crippen molar-refractivity contribution in [1.29, 1.82) is 0 Å². The fourth-order valence-corrected chi connectivity index (χ4v) is 1.61. The van der Waals surface area contributed by atoms with Gasteiger partial charge in [-0.25, -0.2) is 4.39 Å². The van der Waals surface area contributed by atoms with Gasteiger partial charge in [0.2, 0.25) is 5.91 Å². The highest BCUT2D eigenvalue weighted by molar-refractivity contribution is 9.09. The lowest BCUT2D eigenvalue weighted by atomic mass is 10.2. The molecule has 0 radical (unpaired) electrons. The average Bonchev–Trinajstić information content (AvgIpc) is 2.14. The van der Waals surface area contributed by atoms with Crippen LogP contribution in [-0.2, 0) is 4.79 Å². The summed E-state index contributed by atoms with van der Waals surface area (Å²) < 4.78 is 13.0. The number of halogens is 3. The molecule has 0 heterocycles. The normalized spacial score (nSPS) is 10.1. The summed E-state index contributed by atoms with van der Waals surface area (Å²) in [6, 6.07) is 2.71. The van der Waals surface area contributed by atoms with Gasteiger partial charge in [0.25, 0.3) is 0 Å². The molecule has 0 spiro atoms. The zero-order valence-corrected chi connectivity index (χ0v) is 10.5. The molecule has 0 aromatic heterocycles. The minimum Gasteiger partial charge on any atom is -0.325 e. The van der Waals surface area contributed by atoms with E-state index in [9.17, 15) is 9.18 Å². The molecule has 0 saturated heterocycles. The molecule has 0 bridgehead atoms. The molecule has 5 heteroatoms. The number of amides is 1. The first kappa shape index (κ1) is 12.5. The summed E-state index contributed by atoms with van der Waals surface area (Å²) in [6.07, 6.45) is 0.354. The lowest BCUT2D eigenvalue weighted by Gasteiger charge is -2.08. The minimum absolute atomic E-state index is 0.153. The molecule has 82 valence electrons. The van der Waals surface area contributed by atoms with Crippen molar-refractivity contribution in [3.63, 3.8) is 0 Å². The third kappa shape index (κ3) is 3.47. The van der Waals surface area contributed by atoms with Gasteiger partial charge in [-0.05, 0) is 24.6 Å². The summed E-state index contributed by atoms with van der Waals surface area (Å²) in [5.74, 6) is -0.529. The van der Waals surface area contributed by atoms with Crippen molar-refractivity contribution >= 4 is 39.1 Å². The summed E-state index contributed by atoms with van der Waals surface area (Å²) in [5.41, 5.74) is 0.898. The van der Waals surface area contributed by atoms with Crippen molar-refractivity contribution in [2.45, 2.75) is 13.3 Å². The van der Waals surface area contributed by atoms with E-state index in [1.807, 2.05) is 0 Å². The third-order valence-electron chi connectivity index (χ3n) is 1.84. The third-order valence-corrected chi connectivity index (χ3v) is 2.55. The molecule has 0 aliphatic rings. The number of alkyl halides is 1. The maximum Gasteiger partial charge on any atom is 0.225 e. The number of anilines is 1. The molecule has 0 aliphatic carbocycles. The van der Waals surface area contributed by atoms with Crippen LogP contribution < -0.4 is 5.32 Å². The van der Waals surface area contributed by atoms with Crippen molar-refractivity contribution in [2.24, 2.45) is 0 Å². The molecule has 1 aromatic rings. The predicted molar refractivity (Wildman–Crippen MR) is 63.2 cm³/mol. The number of benzene rings is 1. The number of carbonyl (C=O) groups excluding carboxylic acids is 1. The number of nitrogens with one attached hydrogen (secondary N) is 1. The second-order valence-corrected chi connectivity index (χ2v) is 4.27. The second-order valence-electron chi connectivity index (χ2n) is 3.07. The SMILES string of the molecule is Cc1cc(NC(=O)CCBr)c(Cl)cc1F. The monoisotopic (exact) mass is 293 g/mol. The number of aryl methyl sites for hydroxylation is 1. The molecule has 1 rings (SSSR count). The summed E-state index contributed by atoms with van der Waals surface area (Å²) in [6.45, 7) is 1.62. The first-order valence-corrected chi connectivity index (χ1v) is 5.86. The largest absolute Gasteiger partial charge is 0.325 e. The predicted octanol–water partition coefficient (Wildman–Crippen LogP) is 3.51. The zero-order chi connectivity index (χ0) is 11.4. The van der Waals surface area contributed by atoms with E-state index in [1.54, 1.807) is 6.92 Å². The van der Waals surface area contributed by atoms with E-state index in [2.05, 4.69) is 21.2 Å². The van der Waals surface area contributed by atoms with Crippen molar-refractivity contribution in [3.8, 4) is 0 Å². The van der Waals surface area contributed by atoms with Gasteiger partial charge in [-0.1, -0.05) is 27.5 Å². The van der Waals surface area contributed by atoms with Gasteiger partial charge < -0.3 is 5.32 Å². The maximum atomic E-state index is 13.0. The van der Waals surface area contributed by atoms with Crippen LogP contribution in [0.1, 0.15) is 12.0 Å². The standard InChI is InChI=1S/C10H10BrClFNO/c1-6-4-9(7(12)5-8(6)13)14-10(15)2-3-11/h4-5H,2-3H2,1H3,(H,14,15). The molecule has 0 fully saturated rings. The van der Waals surface area contributed by atoms with E-state index >= 15 is 0 Å². The zero-order valence-electron chi connectivity index (χ0n) is 8.11. The van der Waals surface area contributed by atoms with Gasteiger partial charge in [-0.2, -0.15) is 0 Å². The highest BCUT2D eigenvalue weighted by Crippen LogP contribution is 2.25. The van der Waals surface area contributed by atoms with Crippen LogP contribution in [0.4, 0.5) is 10.1 Å². The van der Waals surface area contributed by atoms with Crippen LogP contribution in [0.25, 0.3) is 0 Å². The average molecular weight is 295 g/mol. The first-order chi connectivity index (χ1) is 7.04. The Hall–Kier alpha value is -0.610. The van der Waals surface area contributed by atoms with Crippen molar-refractivity contribution < 1.29 is 9.18 Å². The topological polar surface area (TPSA) is 29.1 Å². The summed E-state index contributed by atoms with van der Waals surface area (Å²) in [7, 11) is 0. The molecule has 1 amide bonds. The number of rotatable bonds is 3. The molecule has 15 heavy (non-hydrogen) atoms.